The molecule has 21 heavy (non-hydrogen) atoms. The van der Waals surface area contributed by atoms with Crippen LogP contribution in [-0.4, -0.2) is 48.8 Å². The van der Waals surface area contributed by atoms with Crippen LogP contribution in [0.25, 0.3) is 0 Å². The van der Waals surface area contributed by atoms with Gasteiger partial charge in [-0.25, -0.2) is 0 Å². The first kappa shape index (κ1) is 18.4. The highest BCUT2D eigenvalue weighted by atomic mass is 16.5. The maximum atomic E-state index is 11.6. The van der Waals surface area contributed by atoms with Gasteiger partial charge < -0.3 is 9.84 Å². The zero-order chi connectivity index (χ0) is 15.8. The lowest BCUT2D eigenvalue weighted by Gasteiger charge is -2.42. The van der Waals surface area contributed by atoms with E-state index in [-0.39, 0.29) is 12.0 Å². The van der Waals surface area contributed by atoms with Crippen LogP contribution in [0, 0.1) is 17.8 Å². The molecule has 3 unspecified atom stereocenters. The number of methoxy groups -OCH3 is 1. The molecule has 0 bridgehead atoms. The minimum Gasteiger partial charge on any atom is -0.481 e. The lowest BCUT2D eigenvalue weighted by molar-refractivity contribution is -0.146. The molecule has 0 aromatic carbocycles. The number of nitrogens with zero attached hydrogens (tertiary/aromatic N) is 1. The maximum Gasteiger partial charge on any atom is 0.308 e. The highest BCUT2D eigenvalue weighted by Gasteiger charge is 2.38. The van der Waals surface area contributed by atoms with Crippen molar-refractivity contribution < 1.29 is 14.6 Å². The molecule has 0 saturated heterocycles. The average Bonchev–Trinajstić information content (AvgIpc) is 2.43. The molecule has 3 atom stereocenters. The first-order chi connectivity index (χ1) is 9.99. The van der Waals surface area contributed by atoms with Crippen molar-refractivity contribution in [3.63, 3.8) is 0 Å². The van der Waals surface area contributed by atoms with E-state index in [1.54, 1.807) is 7.11 Å². The van der Waals surface area contributed by atoms with Crippen molar-refractivity contribution in [1.82, 2.24) is 4.90 Å². The zero-order valence-electron chi connectivity index (χ0n) is 14.2. The van der Waals surface area contributed by atoms with Crippen molar-refractivity contribution in [2.75, 3.05) is 26.8 Å². The lowest BCUT2D eigenvalue weighted by atomic mass is 9.75. The summed E-state index contributed by atoms with van der Waals surface area (Å²) in [5.41, 5.74) is 0. The number of carboxylic acids is 1. The summed E-state index contributed by atoms with van der Waals surface area (Å²) in [6.07, 6.45) is 5.34. The van der Waals surface area contributed by atoms with Crippen molar-refractivity contribution in [3.05, 3.63) is 0 Å². The van der Waals surface area contributed by atoms with Crippen molar-refractivity contribution in [1.29, 1.82) is 0 Å². The third kappa shape index (κ3) is 5.95. The summed E-state index contributed by atoms with van der Waals surface area (Å²) >= 11 is 0. The molecule has 0 aromatic heterocycles. The fraction of sp³-hybridized carbons (Fsp3) is 0.941. The number of aliphatic carboxylic acids is 1. The normalized spacial score (nSPS) is 26.5. The van der Waals surface area contributed by atoms with E-state index in [9.17, 15) is 9.90 Å². The molecule has 0 spiro atoms. The number of ether oxygens (including phenoxy) is 1. The maximum absolute atomic E-state index is 11.6. The highest BCUT2D eigenvalue weighted by Crippen LogP contribution is 2.35. The van der Waals surface area contributed by atoms with Gasteiger partial charge in [-0.3, -0.25) is 9.69 Å². The predicted octanol–water partition coefficient (Wildman–Crippen LogP) is 3.26. The van der Waals surface area contributed by atoms with Gasteiger partial charge in [0.25, 0.3) is 0 Å². The molecule has 4 heteroatoms. The van der Waals surface area contributed by atoms with E-state index in [0.29, 0.717) is 18.4 Å². The Morgan fingerprint density at radius 3 is 2.62 bits per heavy atom. The summed E-state index contributed by atoms with van der Waals surface area (Å²) in [5.74, 6) is 0.394. The van der Waals surface area contributed by atoms with Gasteiger partial charge in [-0.05, 0) is 31.1 Å². The molecule has 1 aliphatic rings. The Labute approximate surface area is 129 Å². The van der Waals surface area contributed by atoms with Crippen LogP contribution in [-0.2, 0) is 9.53 Å². The molecule has 4 nitrogen and oxygen atoms in total. The molecule has 124 valence electrons. The molecular weight excluding hydrogens is 266 g/mol. The van der Waals surface area contributed by atoms with Crippen LogP contribution in [0.2, 0.25) is 0 Å². The molecule has 1 rings (SSSR count). The first-order valence-corrected chi connectivity index (χ1v) is 8.45. The Morgan fingerprint density at radius 2 is 2.10 bits per heavy atom. The van der Waals surface area contributed by atoms with Crippen molar-refractivity contribution in [2.45, 2.75) is 58.9 Å². The zero-order valence-corrected chi connectivity index (χ0v) is 14.2. The Balaban J connectivity index is 2.81. The third-order valence-electron chi connectivity index (χ3n) is 4.59. The number of carbonyl (C=O) groups is 1. The van der Waals surface area contributed by atoms with Gasteiger partial charge in [-0.15, -0.1) is 0 Å². The minimum atomic E-state index is -0.624. The Morgan fingerprint density at radius 1 is 1.38 bits per heavy atom. The fourth-order valence-corrected chi connectivity index (χ4v) is 3.66. The quantitative estimate of drug-likeness (QED) is 0.710. The number of rotatable bonds is 9. The van der Waals surface area contributed by atoms with E-state index in [1.165, 1.54) is 12.8 Å². The van der Waals surface area contributed by atoms with E-state index < -0.39 is 5.97 Å². The summed E-state index contributed by atoms with van der Waals surface area (Å²) in [6, 6.07) is 0.172. The van der Waals surface area contributed by atoms with E-state index in [2.05, 4.69) is 25.7 Å². The van der Waals surface area contributed by atoms with Crippen LogP contribution in [0.4, 0.5) is 0 Å². The molecule has 1 fully saturated rings. The van der Waals surface area contributed by atoms with Crippen molar-refractivity contribution in [2.24, 2.45) is 17.8 Å². The van der Waals surface area contributed by atoms with Crippen molar-refractivity contribution >= 4 is 5.97 Å². The van der Waals surface area contributed by atoms with E-state index in [1.807, 2.05) is 0 Å². The van der Waals surface area contributed by atoms with Gasteiger partial charge >= 0.3 is 5.97 Å². The number of carboxylic acid groups (broad SMARTS) is 1. The van der Waals surface area contributed by atoms with Crippen molar-refractivity contribution in [3.8, 4) is 0 Å². The lowest BCUT2D eigenvalue weighted by Crippen LogP contribution is -2.49. The van der Waals surface area contributed by atoms with Gasteiger partial charge in [-0.2, -0.15) is 0 Å². The molecule has 0 aromatic rings. The van der Waals surface area contributed by atoms with Crippen LogP contribution in [0.5, 0.6) is 0 Å². The van der Waals surface area contributed by atoms with Gasteiger partial charge in [0.15, 0.2) is 0 Å². The van der Waals surface area contributed by atoms with Gasteiger partial charge in [0.2, 0.25) is 0 Å². The van der Waals surface area contributed by atoms with Gasteiger partial charge in [0.1, 0.15) is 0 Å². The predicted molar refractivity (Wildman–Crippen MR) is 85.4 cm³/mol. The van der Waals surface area contributed by atoms with E-state index in [0.717, 1.165) is 32.4 Å². The van der Waals surface area contributed by atoms with Crippen LogP contribution < -0.4 is 0 Å². The van der Waals surface area contributed by atoms with Crippen LogP contribution >= 0.6 is 0 Å². The van der Waals surface area contributed by atoms with Crippen LogP contribution in [0.3, 0.4) is 0 Å². The summed E-state index contributed by atoms with van der Waals surface area (Å²) < 4.78 is 5.23. The molecule has 1 N–H and O–H groups in total. The standard InChI is InChI=1S/C17H33NO3/c1-5-6-14-7-8-15(17(19)20)16(11-14)18(9-10-21-4)12-13(2)3/h13-16H,5-12H2,1-4H3,(H,19,20). The number of hydrogen-bond acceptors (Lipinski definition) is 3. The fourth-order valence-electron chi connectivity index (χ4n) is 3.66. The Kier molecular flexibility index (Phi) is 8.27. The molecular formula is C17H33NO3. The van der Waals surface area contributed by atoms with Gasteiger partial charge in [-0.1, -0.05) is 33.6 Å². The molecule has 0 amide bonds. The van der Waals surface area contributed by atoms with E-state index in [4.69, 9.17) is 4.74 Å². The molecule has 0 heterocycles. The second kappa shape index (κ2) is 9.42. The molecule has 1 saturated carbocycles. The average molecular weight is 299 g/mol. The Bertz CT molecular complexity index is 306. The molecule has 1 aliphatic carbocycles. The third-order valence-corrected chi connectivity index (χ3v) is 4.59. The molecule has 0 radical (unpaired) electrons. The highest BCUT2D eigenvalue weighted by molar-refractivity contribution is 5.71. The number of hydrogen-bond donors (Lipinski definition) is 1. The molecule has 0 aliphatic heterocycles. The summed E-state index contributed by atoms with van der Waals surface area (Å²) in [4.78, 5) is 14.0. The van der Waals surface area contributed by atoms with Crippen LogP contribution in [0.15, 0.2) is 0 Å². The second-order valence-electron chi connectivity index (χ2n) is 6.86. The monoisotopic (exact) mass is 299 g/mol. The Hall–Kier alpha value is -0.610. The van der Waals surface area contributed by atoms with Crippen LogP contribution in [0.1, 0.15) is 52.9 Å². The van der Waals surface area contributed by atoms with E-state index >= 15 is 0 Å². The first-order valence-electron chi connectivity index (χ1n) is 8.45. The topological polar surface area (TPSA) is 49.8 Å². The smallest absolute Gasteiger partial charge is 0.308 e. The van der Waals surface area contributed by atoms with Gasteiger partial charge in [0.05, 0.1) is 12.5 Å². The summed E-state index contributed by atoms with van der Waals surface area (Å²) in [5, 5.41) is 9.58. The van der Waals surface area contributed by atoms with Gasteiger partial charge in [0, 0.05) is 26.2 Å². The summed E-state index contributed by atoms with van der Waals surface area (Å²) in [6.45, 7) is 9.07. The summed E-state index contributed by atoms with van der Waals surface area (Å²) in [7, 11) is 1.71. The minimum absolute atomic E-state index is 0.172. The largest absolute Gasteiger partial charge is 0.481 e. The SMILES string of the molecule is CCCC1CCC(C(=O)O)C(N(CCOC)CC(C)C)C1. The second-order valence-corrected chi connectivity index (χ2v) is 6.86.